The van der Waals surface area contributed by atoms with Crippen LogP contribution in [0.25, 0.3) is 10.9 Å². The van der Waals surface area contributed by atoms with Gasteiger partial charge in [0.05, 0.1) is 6.10 Å². The van der Waals surface area contributed by atoms with E-state index in [2.05, 4.69) is 23.7 Å². The third-order valence-electron chi connectivity index (χ3n) is 4.87. The van der Waals surface area contributed by atoms with Gasteiger partial charge < -0.3 is 19.6 Å². The van der Waals surface area contributed by atoms with Gasteiger partial charge in [-0.3, -0.25) is 4.90 Å². The van der Waals surface area contributed by atoms with Crippen molar-refractivity contribution < 1.29 is 14.6 Å². The molecule has 2 heterocycles. The second kappa shape index (κ2) is 8.70. The fraction of sp³-hybridized carbons (Fsp3) is 0.600. The van der Waals surface area contributed by atoms with Crippen LogP contribution in [0.5, 0.6) is 5.75 Å². The van der Waals surface area contributed by atoms with Gasteiger partial charge in [0.25, 0.3) is 0 Å². The smallest absolute Gasteiger partial charge is 0.128 e. The van der Waals surface area contributed by atoms with Crippen LogP contribution in [-0.4, -0.2) is 59.5 Å². The van der Waals surface area contributed by atoms with E-state index in [9.17, 15) is 5.11 Å². The number of aliphatic hydroxyl groups excluding tert-OH is 1. The van der Waals surface area contributed by atoms with Gasteiger partial charge in [0.15, 0.2) is 0 Å². The third-order valence-corrected chi connectivity index (χ3v) is 4.87. The highest BCUT2D eigenvalue weighted by atomic mass is 16.5. The van der Waals surface area contributed by atoms with Crippen LogP contribution in [0.15, 0.2) is 30.5 Å². The normalized spacial score (nSPS) is 19.6. The Morgan fingerprint density at radius 2 is 2.20 bits per heavy atom. The average molecular weight is 346 g/mol. The molecule has 0 radical (unpaired) electrons. The van der Waals surface area contributed by atoms with Crippen LogP contribution in [0.4, 0.5) is 0 Å². The second-order valence-electron chi connectivity index (χ2n) is 7.20. The zero-order valence-corrected chi connectivity index (χ0v) is 15.3. The number of fused-ring (bicyclic) bond motifs is 1. The summed E-state index contributed by atoms with van der Waals surface area (Å²) in [6.07, 6.45) is 5.18. The molecule has 2 aromatic rings. The molecular formula is C20H30N2O3. The fourth-order valence-corrected chi connectivity index (χ4v) is 3.40. The standard InChI is InChI=1S/C20H30N2O3/c1-15(2)22(13-17-6-3-4-11-24-17)12-16(23)14-25-20-8-5-7-19-18(20)9-10-21-19/h5,7-10,15-17,21,23H,3-4,6,11-14H2,1-2H3. The van der Waals surface area contributed by atoms with Crippen molar-refractivity contribution in [2.75, 3.05) is 26.3 Å². The summed E-state index contributed by atoms with van der Waals surface area (Å²) in [5, 5.41) is 11.5. The van der Waals surface area contributed by atoms with Crippen molar-refractivity contribution >= 4 is 10.9 Å². The van der Waals surface area contributed by atoms with Crippen molar-refractivity contribution in [1.82, 2.24) is 9.88 Å². The molecular weight excluding hydrogens is 316 g/mol. The molecule has 2 unspecified atom stereocenters. The summed E-state index contributed by atoms with van der Waals surface area (Å²) in [4.78, 5) is 5.47. The van der Waals surface area contributed by atoms with Gasteiger partial charge in [0, 0.05) is 42.8 Å². The number of hydrogen-bond acceptors (Lipinski definition) is 4. The number of nitrogens with one attached hydrogen (secondary N) is 1. The van der Waals surface area contributed by atoms with Gasteiger partial charge in [-0.25, -0.2) is 0 Å². The molecule has 1 aromatic carbocycles. The zero-order valence-electron chi connectivity index (χ0n) is 15.3. The van der Waals surface area contributed by atoms with E-state index in [-0.39, 0.29) is 6.10 Å². The Labute approximate surface area is 149 Å². The van der Waals surface area contributed by atoms with Crippen LogP contribution in [0, 0.1) is 0 Å². The minimum atomic E-state index is -0.528. The lowest BCUT2D eigenvalue weighted by Gasteiger charge is -2.33. The SMILES string of the molecule is CC(C)N(CC(O)COc1cccc2[nH]ccc12)CC1CCCCO1. The molecule has 5 heteroatoms. The van der Waals surface area contributed by atoms with Gasteiger partial charge in [-0.05, 0) is 51.3 Å². The van der Waals surface area contributed by atoms with Gasteiger partial charge in [-0.2, -0.15) is 0 Å². The highest BCUT2D eigenvalue weighted by molar-refractivity contribution is 5.85. The van der Waals surface area contributed by atoms with Crippen molar-refractivity contribution in [3.8, 4) is 5.75 Å². The molecule has 0 amide bonds. The van der Waals surface area contributed by atoms with Gasteiger partial charge >= 0.3 is 0 Å². The largest absolute Gasteiger partial charge is 0.490 e. The van der Waals surface area contributed by atoms with Gasteiger partial charge in [0.2, 0.25) is 0 Å². The van der Waals surface area contributed by atoms with E-state index in [1.54, 1.807) is 0 Å². The molecule has 2 atom stereocenters. The van der Waals surface area contributed by atoms with Crippen LogP contribution in [-0.2, 0) is 4.74 Å². The summed E-state index contributed by atoms with van der Waals surface area (Å²) in [5.41, 5.74) is 1.05. The molecule has 1 aliphatic heterocycles. The molecule has 138 valence electrons. The first kappa shape index (κ1) is 18.2. The van der Waals surface area contributed by atoms with Crippen molar-refractivity contribution in [2.24, 2.45) is 0 Å². The predicted octanol–water partition coefficient (Wildman–Crippen LogP) is 3.19. The zero-order chi connectivity index (χ0) is 17.6. The van der Waals surface area contributed by atoms with Crippen molar-refractivity contribution in [2.45, 2.75) is 51.4 Å². The Balaban J connectivity index is 1.52. The van der Waals surface area contributed by atoms with Gasteiger partial charge in [-0.1, -0.05) is 6.07 Å². The molecule has 25 heavy (non-hydrogen) atoms. The lowest BCUT2D eigenvalue weighted by Crippen LogP contribution is -2.44. The first-order chi connectivity index (χ1) is 12.1. The van der Waals surface area contributed by atoms with Gasteiger partial charge in [-0.15, -0.1) is 0 Å². The minimum absolute atomic E-state index is 0.290. The maximum Gasteiger partial charge on any atom is 0.128 e. The Morgan fingerprint density at radius 1 is 1.32 bits per heavy atom. The first-order valence-corrected chi connectivity index (χ1v) is 9.36. The maximum atomic E-state index is 10.5. The molecule has 0 aliphatic carbocycles. The number of H-pyrrole nitrogens is 1. The number of aliphatic hydroxyl groups is 1. The quantitative estimate of drug-likeness (QED) is 0.771. The Morgan fingerprint density at radius 3 is 2.96 bits per heavy atom. The molecule has 1 aromatic heterocycles. The predicted molar refractivity (Wildman–Crippen MR) is 100 cm³/mol. The summed E-state index contributed by atoms with van der Waals surface area (Å²) < 4.78 is 11.7. The van der Waals surface area contributed by atoms with Crippen LogP contribution in [0.3, 0.4) is 0 Å². The molecule has 0 spiro atoms. The summed E-state index contributed by atoms with van der Waals surface area (Å²) in [6.45, 7) is 6.96. The molecule has 1 fully saturated rings. The van der Waals surface area contributed by atoms with E-state index in [0.29, 0.717) is 19.2 Å². The highest BCUT2D eigenvalue weighted by Crippen LogP contribution is 2.24. The van der Waals surface area contributed by atoms with Crippen molar-refractivity contribution in [3.63, 3.8) is 0 Å². The van der Waals surface area contributed by atoms with Crippen LogP contribution >= 0.6 is 0 Å². The monoisotopic (exact) mass is 346 g/mol. The van der Waals surface area contributed by atoms with E-state index in [1.807, 2.05) is 30.5 Å². The number of aromatic amines is 1. The van der Waals surface area contributed by atoms with Crippen molar-refractivity contribution in [1.29, 1.82) is 0 Å². The topological polar surface area (TPSA) is 57.7 Å². The molecule has 3 rings (SSSR count). The Hall–Kier alpha value is -1.56. The molecule has 0 saturated carbocycles. The van der Waals surface area contributed by atoms with E-state index < -0.39 is 6.10 Å². The molecule has 0 bridgehead atoms. The molecule has 1 aliphatic rings. The second-order valence-corrected chi connectivity index (χ2v) is 7.20. The lowest BCUT2D eigenvalue weighted by atomic mass is 10.1. The summed E-state index contributed by atoms with van der Waals surface area (Å²) in [6, 6.07) is 8.29. The third kappa shape index (κ3) is 4.97. The van der Waals surface area contributed by atoms with E-state index in [0.717, 1.165) is 36.2 Å². The van der Waals surface area contributed by atoms with Crippen molar-refractivity contribution in [3.05, 3.63) is 30.5 Å². The number of benzene rings is 1. The van der Waals surface area contributed by atoms with Crippen LogP contribution in [0.2, 0.25) is 0 Å². The molecule has 5 nitrogen and oxygen atoms in total. The van der Waals surface area contributed by atoms with E-state index in [4.69, 9.17) is 9.47 Å². The molecule has 1 saturated heterocycles. The Kier molecular flexibility index (Phi) is 6.34. The summed E-state index contributed by atoms with van der Waals surface area (Å²) in [7, 11) is 0. The fourth-order valence-electron chi connectivity index (χ4n) is 3.40. The average Bonchev–Trinajstić information content (AvgIpc) is 3.09. The summed E-state index contributed by atoms with van der Waals surface area (Å²) >= 11 is 0. The van der Waals surface area contributed by atoms with Crippen LogP contribution < -0.4 is 4.74 Å². The highest BCUT2D eigenvalue weighted by Gasteiger charge is 2.22. The molecule has 2 N–H and O–H groups in total. The number of hydrogen-bond donors (Lipinski definition) is 2. The van der Waals surface area contributed by atoms with E-state index in [1.165, 1.54) is 12.8 Å². The minimum Gasteiger partial charge on any atom is -0.490 e. The number of rotatable bonds is 8. The Bertz CT molecular complexity index is 649. The van der Waals surface area contributed by atoms with E-state index >= 15 is 0 Å². The summed E-state index contributed by atoms with van der Waals surface area (Å²) in [5.74, 6) is 0.810. The van der Waals surface area contributed by atoms with Crippen LogP contribution in [0.1, 0.15) is 33.1 Å². The van der Waals surface area contributed by atoms with Gasteiger partial charge in [0.1, 0.15) is 18.5 Å². The number of aromatic nitrogens is 1. The maximum absolute atomic E-state index is 10.5. The number of nitrogens with zero attached hydrogens (tertiary/aromatic N) is 1. The number of ether oxygens (including phenoxy) is 2. The first-order valence-electron chi connectivity index (χ1n) is 9.36. The lowest BCUT2D eigenvalue weighted by molar-refractivity contribution is -0.0237.